The van der Waals surface area contributed by atoms with Crippen LogP contribution >= 0.6 is 0 Å². The highest BCUT2D eigenvalue weighted by Gasteiger charge is 2.23. The Labute approximate surface area is 92.8 Å². The summed E-state index contributed by atoms with van der Waals surface area (Å²) in [5.74, 6) is -0.820. The molecule has 1 aromatic heterocycles. The predicted octanol–water partition coefficient (Wildman–Crippen LogP) is -0.172. The third kappa shape index (κ3) is 2.78. The zero-order valence-corrected chi connectivity index (χ0v) is 9.43. The summed E-state index contributed by atoms with van der Waals surface area (Å²) in [5, 5.41) is 9.57. The molecule has 16 heavy (non-hydrogen) atoms. The third-order valence-corrected chi connectivity index (χ3v) is 2.05. The largest absolute Gasteiger partial charge is 0.468 e. The zero-order chi connectivity index (χ0) is 12.1. The number of carbonyl (C=O) groups is 2. The number of H-pyrrole nitrogens is 1. The first-order valence-corrected chi connectivity index (χ1v) is 4.79. The Morgan fingerprint density at radius 2 is 2.25 bits per heavy atom. The van der Waals surface area contributed by atoms with Crippen molar-refractivity contribution in [2.75, 3.05) is 13.7 Å². The van der Waals surface area contributed by atoms with Gasteiger partial charge in [0.1, 0.15) is 6.54 Å². The van der Waals surface area contributed by atoms with Crippen LogP contribution < -0.4 is 0 Å². The van der Waals surface area contributed by atoms with Crippen LogP contribution in [0.1, 0.15) is 24.3 Å². The number of rotatable bonds is 4. The van der Waals surface area contributed by atoms with E-state index in [1.165, 1.54) is 18.2 Å². The van der Waals surface area contributed by atoms with Crippen molar-refractivity contribution in [2.24, 2.45) is 0 Å². The number of carbonyl (C=O) groups excluding carboxylic acids is 2. The summed E-state index contributed by atoms with van der Waals surface area (Å²) in [6, 6.07) is -0.122. The van der Waals surface area contributed by atoms with Crippen molar-refractivity contribution in [3.05, 3.63) is 11.9 Å². The molecule has 1 N–H and O–H groups in total. The molecule has 0 bridgehead atoms. The quantitative estimate of drug-likeness (QED) is 0.720. The maximum Gasteiger partial charge on any atom is 0.325 e. The Bertz CT molecular complexity index is 361. The molecular formula is C9H14N4O3. The van der Waals surface area contributed by atoms with Crippen LogP contribution in [0.2, 0.25) is 0 Å². The fourth-order valence-corrected chi connectivity index (χ4v) is 1.14. The van der Waals surface area contributed by atoms with Gasteiger partial charge in [-0.25, -0.2) is 0 Å². The Kier molecular flexibility index (Phi) is 3.98. The molecule has 0 saturated carbocycles. The Hall–Kier alpha value is -1.92. The number of ether oxygens (including phenoxy) is 1. The van der Waals surface area contributed by atoms with Crippen molar-refractivity contribution >= 4 is 11.9 Å². The highest BCUT2D eigenvalue weighted by molar-refractivity contribution is 5.94. The lowest BCUT2D eigenvalue weighted by Crippen LogP contribution is -2.41. The van der Waals surface area contributed by atoms with Gasteiger partial charge in [-0.05, 0) is 13.8 Å². The van der Waals surface area contributed by atoms with E-state index in [9.17, 15) is 9.59 Å². The van der Waals surface area contributed by atoms with Gasteiger partial charge in [0.15, 0.2) is 5.69 Å². The summed E-state index contributed by atoms with van der Waals surface area (Å²) >= 11 is 0. The molecular weight excluding hydrogens is 212 g/mol. The minimum absolute atomic E-state index is 0.0974. The minimum atomic E-state index is -0.467. The molecule has 1 amide bonds. The maximum absolute atomic E-state index is 11.9. The molecule has 0 aliphatic heterocycles. The number of aromatic nitrogens is 3. The first-order chi connectivity index (χ1) is 7.56. The molecule has 7 heteroatoms. The van der Waals surface area contributed by atoms with E-state index in [-0.39, 0.29) is 24.2 Å². The first-order valence-electron chi connectivity index (χ1n) is 4.79. The van der Waals surface area contributed by atoms with Crippen LogP contribution in [0.5, 0.6) is 0 Å². The van der Waals surface area contributed by atoms with Crippen LogP contribution in [0.25, 0.3) is 0 Å². The van der Waals surface area contributed by atoms with Crippen LogP contribution in [0.3, 0.4) is 0 Å². The molecule has 88 valence electrons. The van der Waals surface area contributed by atoms with Gasteiger partial charge >= 0.3 is 5.97 Å². The average Bonchev–Trinajstić information content (AvgIpc) is 2.77. The molecule has 1 rings (SSSR count). The summed E-state index contributed by atoms with van der Waals surface area (Å²) in [7, 11) is 1.28. The fraction of sp³-hybridized carbons (Fsp3) is 0.556. The SMILES string of the molecule is COC(=O)CN(C(=O)c1cn[nH]n1)C(C)C. The van der Waals surface area contributed by atoms with Gasteiger partial charge in [-0.2, -0.15) is 15.4 Å². The molecule has 7 nitrogen and oxygen atoms in total. The van der Waals surface area contributed by atoms with E-state index < -0.39 is 5.97 Å². The van der Waals surface area contributed by atoms with Crippen molar-refractivity contribution < 1.29 is 14.3 Å². The number of methoxy groups -OCH3 is 1. The van der Waals surface area contributed by atoms with Gasteiger partial charge in [0, 0.05) is 6.04 Å². The van der Waals surface area contributed by atoms with Crippen molar-refractivity contribution in [3.63, 3.8) is 0 Å². The van der Waals surface area contributed by atoms with Gasteiger partial charge in [0.05, 0.1) is 13.3 Å². The molecule has 0 radical (unpaired) electrons. The Balaban J connectivity index is 2.78. The normalized spacial score (nSPS) is 10.2. The van der Waals surface area contributed by atoms with Gasteiger partial charge < -0.3 is 9.64 Å². The predicted molar refractivity (Wildman–Crippen MR) is 54.6 cm³/mol. The first kappa shape index (κ1) is 12.2. The third-order valence-electron chi connectivity index (χ3n) is 2.05. The maximum atomic E-state index is 11.9. The lowest BCUT2D eigenvalue weighted by atomic mass is 10.3. The van der Waals surface area contributed by atoms with E-state index in [0.717, 1.165) is 0 Å². The summed E-state index contributed by atoms with van der Waals surface area (Å²) < 4.78 is 4.52. The molecule has 0 aromatic carbocycles. The van der Waals surface area contributed by atoms with Crippen molar-refractivity contribution in [2.45, 2.75) is 19.9 Å². The van der Waals surface area contributed by atoms with E-state index in [0.29, 0.717) is 0 Å². The lowest BCUT2D eigenvalue weighted by Gasteiger charge is -2.24. The van der Waals surface area contributed by atoms with Gasteiger partial charge in [0.25, 0.3) is 5.91 Å². The monoisotopic (exact) mass is 226 g/mol. The van der Waals surface area contributed by atoms with E-state index in [1.807, 2.05) is 0 Å². The molecule has 0 saturated heterocycles. The van der Waals surface area contributed by atoms with Crippen molar-refractivity contribution in [1.82, 2.24) is 20.3 Å². The van der Waals surface area contributed by atoms with Gasteiger partial charge in [0.2, 0.25) is 0 Å². The molecule has 0 fully saturated rings. The average molecular weight is 226 g/mol. The smallest absolute Gasteiger partial charge is 0.325 e. The number of amides is 1. The molecule has 0 aliphatic carbocycles. The number of esters is 1. The zero-order valence-electron chi connectivity index (χ0n) is 9.43. The molecule has 0 spiro atoms. The van der Waals surface area contributed by atoms with Crippen LogP contribution in [-0.2, 0) is 9.53 Å². The van der Waals surface area contributed by atoms with Crippen LogP contribution in [0.15, 0.2) is 6.20 Å². The summed E-state index contributed by atoms with van der Waals surface area (Å²) in [4.78, 5) is 24.4. The van der Waals surface area contributed by atoms with Crippen molar-refractivity contribution in [3.8, 4) is 0 Å². The van der Waals surface area contributed by atoms with E-state index in [4.69, 9.17) is 0 Å². The lowest BCUT2D eigenvalue weighted by molar-refractivity contribution is -0.141. The summed E-state index contributed by atoms with van der Waals surface area (Å²) in [6.45, 7) is 3.52. The van der Waals surface area contributed by atoms with Gasteiger partial charge in [-0.3, -0.25) is 9.59 Å². The van der Waals surface area contributed by atoms with Crippen molar-refractivity contribution in [1.29, 1.82) is 0 Å². The Morgan fingerprint density at radius 3 is 2.69 bits per heavy atom. The standard InChI is InChI=1S/C9H14N4O3/c1-6(2)13(5-8(14)16-3)9(15)7-4-10-12-11-7/h4,6H,5H2,1-3H3,(H,10,11,12). The molecule has 0 unspecified atom stereocenters. The number of hydrogen-bond donors (Lipinski definition) is 1. The Morgan fingerprint density at radius 1 is 1.56 bits per heavy atom. The molecule has 1 heterocycles. The van der Waals surface area contributed by atoms with E-state index >= 15 is 0 Å². The number of aromatic amines is 1. The number of hydrogen-bond acceptors (Lipinski definition) is 5. The second-order valence-electron chi connectivity index (χ2n) is 3.46. The summed E-state index contributed by atoms with van der Waals surface area (Å²) in [5.41, 5.74) is 0.178. The second kappa shape index (κ2) is 5.24. The fourth-order valence-electron chi connectivity index (χ4n) is 1.14. The summed E-state index contributed by atoms with van der Waals surface area (Å²) in [6.07, 6.45) is 1.31. The molecule has 0 aliphatic rings. The molecule has 0 atom stereocenters. The topological polar surface area (TPSA) is 88.2 Å². The van der Waals surface area contributed by atoms with Crippen LogP contribution in [0, 0.1) is 0 Å². The minimum Gasteiger partial charge on any atom is -0.468 e. The van der Waals surface area contributed by atoms with Crippen LogP contribution in [-0.4, -0.2) is 51.9 Å². The number of nitrogens with zero attached hydrogens (tertiary/aromatic N) is 3. The van der Waals surface area contributed by atoms with E-state index in [1.54, 1.807) is 13.8 Å². The van der Waals surface area contributed by atoms with E-state index in [2.05, 4.69) is 20.1 Å². The number of nitrogens with one attached hydrogen (secondary N) is 1. The highest BCUT2D eigenvalue weighted by atomic mass is 16.5. The highest BCUT2D eigenvalue weighted by Crippen LogP contribution is 2.05. The second-order valence-corrected chi connectivity index (χ2v) is 3.46. The van der Waals surface area contributed by atoms with Gasteiger partial charge in [-0.1, -0.05) is 0 Å². The van der Waals surface area contributed by atoms with Gasteiger partial charge in [-0.15, -0.1) is 0 Å². The molecule has 1 aromatic rings. The van der Waals surface area contributed by atoms with Crippen LogP contribution in [0.4, 0.5) is 0 Å².